The molecule has 0 radical (unpaired) electrons. The molecule has 1 aromatic carbocycles. The van der Waals surface area contributed by atoms with Crippen molar-refractivity contribution < 1.29 is 9.90 Å². The minimum absolute atomic E-state index is 0.109. The SMILES string of the molecule is O=C(Cc1c[nH]c2ncccc12)NCC(O)Cc1ccccc1. The number of nitrogens with one attached hydrogen (secondary N) is 2. The van der Waals surface area contributed by atoms with Crippen LogP contribution in [0.15, 0.2) is 54.9 Å². The monoisotopic (exact) mass is 309 g/mol. The van der Waals surface area contributed by atoms with Crippen molar-refractivity contribution in [1.29, 1.82) is 0 Å². The molecule has 0 aliphatic heterocycles. The predicted octanol–water partition coefficient (Wildman–Crippen LogP) is 1.83. The normalized spacial score (nSPS) is 12.2. The van der Waals surface area contributed by atoms with Crippen molar-refractivity contribution in [2.45, 2.75) is 18.9 Å². The molecule has 1 amide bonds. The molecule has 3 N–H and O–H groups in total. The summed E-state index contributed by atoms with van der Waals surface area (Å²) in [7, 11) is 0. The molecule has 5 heteroatoms. The number of aromatic nitrogens is 2. The van der Waals surface area contributed by atoms with Gasteiger partial charge in [0.15, 0.2) is 0 Å². The van der Waals surface area contributed by atoms with Gasteiger partial charge in [0, 0.05) is 30.7 Å². The fourth-order valence-corrected chi connectivity index (χ4v) is 2.58. The third kappa shape index (κ3) is 3.96. The number of hydrogen-bond acceptors (Lipinski definition) is 3. The molecule has 1 unspecified atom stereocenters. The zero-order valence-electron chi connectivity index (χ0n) is 12.7. The van der Waals surface area contributed by atoms with E-state index in [0.717, 1.165) is 22.2 Å². The van der Waals surface area contributed by atoms with E-state index >= 15 is 0 Å². The molecule has 0 saturated heterocycles. The standard InChI is InChI=1S/C18H19N3O2/c22-15(9-13-5-2-1-3-6-13)12-20-17(23)10-14-11-21-18-16(14)7-4-8-19-18/h1-8,11,15,22H,9-10,12H2,(H,19,21)(H,20,23). The second-order valence-corrected chi connectivity index (χ2v) is 5.54. The largest absolute Gasteiger partial charge is 0.391 e. The third-order valence-corrected chi connectivity index (χ3v) is 3.74. The average Bonchev–Trinajstić information content (AvgIpc) is 2.97. The van der Waals surface area contributed by atoms with Crippen molar-refractivity contribution >= 4 is 16.9 Å². The molecule has 1 atom stereocenters. The molecule has 0 bridgehead atoms. The maximum atomic E-state index is 12.1. The Morgan fingerprint density at radius 2 is 2.04 bits per heavy atom. The summed E-state index contributed by atoms with van der Waals surface area (Å²) in [5.41, 5.74) is 2.74. The molecule has 2 aromatic heterocycles. The topological polar surface area (TPSA) is 78.0 Å². The Morgan fingerprint density at radius 1 is 1.22 bits per heavy atom. The number of hydrogen-bond donors (Lipinski definition) is 3. The number of nitrogens with zero attached hydrogens (tertiary/aromatic N) is 1. The summed E-state index contributed by atoms with van der Waals surface area (Å²) in [6.07, 6.45) is 3.72. The minimum atomic E-state index is -0.592. The van der Waals surface area contributed by atoms with Gasteiger partial charge in [-0.05, 0) is 23.3 Å². The van der Waals surface area contributed by atoms with Crippen molar-refractivity contribution in [2.75, 3.05) is 6.54 Å². The molecule has 23 heavy (non-hydrogen) atoms. The highest BCUT2D eigenvalue weighted by atomic mass is 16.3. The molecule has 118 valence electrons. The Labute approximate surface area is 134 Å². The van der Waals surface area contributed by atoms with Crippen LogP contribution in [0.4, 0.5) is 0 Å². The maximum absolute atomic E-state index is 12.1. The number of benzene rings is 1. The van der Waals surface area contributed by atoms with Gasteiger partial charge >= 0.3 is 0 Å². The second-order valence-electron chi connectivity index (χ2n) is 5.54. The van der Waals surface area contributed by atoms with Crippen molar-refractivity contribution in [3.63, 3.8) is 0 Å². The molecular formula is C18H19N3O2. The van der Waals surface area contributed by atoms with Gasteiger partial charge in [-0.15, -0.1) is 0 Å². The third-order valence-electron chi connectivity index (χ3n) is 3.74. The van der Waals surface area contributed by atoms with E-state index in [-0.39, 0.29) is 18.9 Å². The first-order valence-electron chi connectivity index (χ1n) is 7.62. The highest BCUT2D eigenvalue weighted by molar-refractivity contribution is 5.87. The highest BCUT2D eigenvalue weighted by Gasteiger charge is 2.11. The van der Waals surface area contributed by atoms with Crippen LogP contribution in [-0.4, -0.2) is 33.6 Å². The number of pyridine rings is 1. The van der Waals surface area contributed by atoms with E-state index in [9.17, 15) is 9.90 Å². The summed E-state index contributed by atoms with van der Waals surface area (Å²) in [5, 5.41) is 13.8. The lowest BCUT2D eigenvalue weighted by atomic mass is 10.1. The number of carbonyl (C=O) groups excluding carboxylic acids is 1. The quantitative estimate of drug-likeness (QED) is 0.650. The smallest absolute Gasteiger partial charge is 0.224 e. The Balaban J connectivity index is 1.51. The van der Waals surface area contributed by atoms with Crippen LogP contribution in [0.25, 0.3) is 11.0 Å². The lowest BCUT2D eigenvalue weighted by Gasteiger charge is -2.12. The van der Waals surface area contributed by atoms with Crippen LogP contribution in [0.2, 0.25) is 0 Å². The van der Waals surface area contributed by atoms with E-state index in [1.165, 1.54) is 0 Å². The number of aliphatic hydroxyl groups is 1. The van der Waals surface area contributed by atoms with E-state index in [4.69, 9.17) is 0 Å². The second kappa shape index (κ2) is 7.07. The summed E-state index contributed by atoms with van der Waals surface area (Å²) >= 11 is 0. The van der Waals surface area contributed by atoms with Gasteiger partial charge in [-0.3, -0.25) is 4.79 Å². The van der Waals surface area contributed by atoms with Gasteiger partial charge in [0.25, 0.3) is 0 Å². The molecule has 5 nitrogen and oxygen atoms in total. The van der Waals surface area contributed by atoms with E-state index in [2.05, 4.69) is 15.3 Å². The van der Waals surface area contributed by atoms with Crippen molar-refractivity contribution in [2.24, 2.45) is 0 Å². The van der Waals surface area contributed by atoms with Crippen LogP contribution in [0.3, 0.4) is 0 Å². The molecule has 0 fully saturated rings. The Bertz CT molecular complexity index is 783. The molecule has 0 spiro atoms. The molecule has 2 heterocycles. The molecular weight excluding hydrogens is 290 g/mol. The van der Waals surface area contributed by atoms with Crippen LogP contribution in [0.5, 0.6) is 0 Å². The van der Waals surface area contributed by atoms with Gasteiger partial charge in [0.1, 0.15) is 5.65 Å². The fourth-order valence-electron chi connectivity index (χ4n) is 2.58. The Morgan fingerprint density at radius 3 is 2.87 bits per heavy atom. The van der Waals surface area contributed by atoms with Gasteiger partial charge in [-0.2, -0.15) is 0 Å². The summed E-state index contributed by atoms with van der Waals surface area (Å²) in [4.78, 5) is 19.3. The van der Waals surface area contributed by atoms with Gasteiger partial charge < -0.3 is 15.4 Å². The molecule has 0 aliphatic carbocycles. The Kier molecular flexibility index (Phi) is 4.68. The number of carbonyl (C=O) groups is 1. The number of aliphatic hydroxyl groups excluding tert-OH is 1. The number of fused-ring (bicyclic) bond motifs is 1. The first-order chi connectivity index (χ1) is 11.2. The average molecular weight is 309 g/mol. The van der Waals surface area contributed by atoms with Gasteiger partial charge in [0.05, 0.1) is 12.5 Å². The maximum Gasteiger partial charge on any atom is 0.224 e. The van der Waals surface area contributed by atoms with E-state index in [0.29, 0.717) is 6.42 Å². The minimum Gasteiger partial charge on any atom is -0.391 e. The van der Waals surface area contributed by atoms with Crippen molar-refractivity contribution in [1.82, 2.24) is 15.3 Å². The Hall–Kier alpha value is -2.66. The molecule has 0 aliphatic rings. The van der Waals surface area contributed by atoms with Gasteiger partial charge in [-0.1, -0.05) is 30.3 Å². The first-order valence-corrected chi connectivity index (χ1v) is 7.62. The zero-order valence-corrected chi connectivity index (χ0v) is 12.7. The number of amides is 1. The summed E-state index contributed by atoms with van der Waals surface area (Å²) in [6.45, 7) is 0.244. The lowest BCUT2D eigenvalue weighted by Crippen LogP contribution is -2.34. The number of rotatable bonds is 6. The van der Waals surface area contributed by atoms with Crippen LogP contribution in [0, 0.1) is 0 Å². The number of H-pyrrole nitrogens is 1. The summed E-state index contributed by atoms with van der Waals surface area (Å²) < 4.78 is 0. The molecule has 3 aromatic rings. The van der Waals surface area contributed by atoms with Crippen molar-refractivity contribution in [3.8, 4) is 0 Å². The molecule has 3 rings (SSSR count). The van der Waals surface area contributed by atoms with E-state index in [1.54, 1.807) is 12.4 Å². The lowest BCUT2D eigenvalue weighted by molar-refractivity contribution is -0.120. The van der Waals surface area contributed by atoms with Gasteiger partial charge in [0.2, 0.25) is 5.91 Å². The number of aromatic amines is 1. The van der Waals surface area contributed by atoms with Crippen LogP contribution >= 0.6 is 0 Å². The zero-order chi connectivity index (χ0) is 16.1. The molecule has 0 saturated carbocycles. The van der Waals surface area contributed by atoms with Crippen LogP contribution in [0.1, 0.15) is 11.1 Å². The fraction of sp³-hybridized carbons (Fsp3) is 0.222. The van der Waals surface area contributed by atoms with E-state index < -0.39 is 6.10 Å². The van der Waals surface area contributed by atoms with Crippen LogP contribution < -0.4 is 5.32 Å². The van der Waals surface area contributed by atoms with Gasteiger partial charge in [-0.25, -0.2) is 4.98 Å². The predicted molar refractivity (Wildman–Crippen MR) is 89.0 cm³/mol. The highest BCUT2D eigenvalue weighted by Crippen LogP contribution is 2.15. The van der Waals surface area contributed by atoms with E-state index in [1.807, 2.05) is 42.5 Å². The van der Waals surface area contributed by atoms with Crippen LogP contribution in [-0.2, 0) is 17.6 Å². The summed E-state index contributed by atoms with van der Waals surface area (Å²) in [6, 6.07) is 13.5. The summed E-state index contributed by atoms with van der Waals surface area (Å²) in [5.74, 6) is -0.109. The van der Waals surface area contributed by atoms with Crippen molar-refractivity contribution in [3.05, 3.63) is 66.0 Å². The first kappa shape index (κ1) is 15.2.